The summed E-state index contributed by atoms with van der Waals surface area (Å²) >= 11 is 0. The number of nitrogens with one attached hydrogen (secondary N) is 1. The van der Waals surface area contributed by atoms with Gasteiger partial charge >= 0.3 is 6.01 Å². The van der Waals surface area contributed by atoms with Crippen LogP contribution in [0.2, 0.25) is 0 Å². The smallest absolute Gasteiger partial charge is 0.319 e. The van der Waals surface area contributed by atoms with E-state index in [4.69, 9.17) is 14.7 Å². The van der Waals surface area contributed by atoms with Gasteiger partial charge in [-0.2, -0.15) is 9.97 Å². The number of pyridine rings is 1. The highest BCUT2D eigenvalue weighted by Crippen LogP contribution is 2.40. The number of ether oxygens (including phenoxy) is 1. The van der Waals surface area contributed by atoms with Crippen molar-refractivity contribution in [3.05, 3.63) is 79.0 Å². The monoisotopic (exact) mass is 629 g/mol. The van der Waals surface area contributed by atoms with Gasteiger partial charge in [0.25, 0.3) is 0 Å². The number of rotatable bonds is 8. The molecule has 240 valence electrons. The van der Waals surface area contributed by atoms with E-state index in [2.05, 4.69) is 56.3 Å². The zero-order chi connectivity index (χ0) is 31.9. The van der Waals surface area contributed by atoms with Crippen LogP contribution >= 0.6 is 0 Å². The fourth-order valence-electron chi connectivity index (χ4n) is 7.70. The number of carbonyl (C=O) groups excluding carboxylic acids is 1. The van der Waals surface area contributed by atoms with E-state index in [0.717, 1.165) is 77.5 Å². The molecule has 2 N–H and O–H groups in total. The van der Waals surface area contributed by atoms with Gasteiger partial charge < -0.3 is 25.0 Å². The second-order valence-electron chi connectivity index (χ2n) is 13.1. The third kappa shape index (κ3) is 5.94. The number of piperazine rings is 1. The Morgan fingerprint density at radius 1 is 0.957 bits per heavy atom. The molecule has 1 amide bonds. The molecule has 2 bridgehead atoms. The van der Waals surface area contributed by atoms with Crippen molar-refractivity contribution in [1.29, 1.82) is 0 Å². The summed E-state index contributed by atoms with van der Waals surface area (Å²) in [7, 11) is 2.15. The van der Waals surface area contributed by atoms with Crippen LogP contribution in [0.3, 0.4) is 0 Å². The van der Waals surface area contributed by atoms with Gasteiger partial charge in [0.2, 0.25) is 5.91 Å². The fraction of sp³-hybridized carbons (Fsp3) is 0.351. The minimum atomic E-state index is -0.0522. The van der Waals surface area contributed by atoms with E-state index in [1.807, 2.05) is 36.4 Å². The average Bonchev–Trinajstić information content (AvgIpc) is 3.61. The van der Waals surface area contributed by atoms with Crippen molar-refractivity contribution in [2.45, 2.75) is 43.8 Å². The summed E-state index contributed by atoms with van der Waals surface area (Å²) in [5, 5.41) is 16.5. The summed E-state index contributed by atoms with van der Waals surface area (Å²) in [6.07, 6.45) is 6.02. The van der Waals surface area contributed by atoms with Crippen molar-refractivity contribution in [2.24, 2.45) is 0 Å². The number of benzene rings is 3. The number of likely N-dealkylation sites (N-methyl/N-ethyl adjacent to an activating group) is 1. The first-order valence-corrected chi connectivity index (χ1v) is 16.6. The van der Waals surface area contributed by atoms with Crippen LogP contribution in [0.1, 0.15) is 25.7 Å². The summed E-state index contributed by atoms with van der Waals surface area (Å²) < 4.78 is 6.36. The number of nitrogens with zero attached hydrogens (tertiary/aromatic N) is 6. The molecule has 3 fully saturated rings. The lowest BCUT2D eigenvalue weighted by molar-refractivity contribution is -0.117. The second-order valence-corrected chi connectivity index (χ2v) is 13.1. The van der Waals surface area contributed by atoms with Crippen molar-refractivity contribution in [3.63, 3.8) is 0 Å². The fourth-order valence-corrected chi connectivity index (χ4v) is 7.70. The molecule has 0 saturated carbocycles. The van der Waals surface area contributed by atoms with Crippen molar-refractivity contribution >= 4 is 39.2 Å². The van der Waals surface area contributed by atoms with E-state index >= 15 is 0 Å². The van der Waals surface area contributed by atoms with Gasteiger partial charge in [-0.15, -0.1) is 0 Å². The van der Waals surface area contributed by atoms with E-state index < -0.39 is 0 Å². The molecule has 0 aliphatic carbocycles. The first kappa shape index (κ1) is 29.6. The highest BCUT2D eigenvalue weighted by Gasteiger charge is 2.42. The first-order valence-electron chi connectivity index (χ1n) is 16.6. The maximum absolute atomic E-state index is 12.9. The number of phenolic OH excluding ortho intramolecular Hbond substituents is 1. The number of hydrogen-bond acceptors (Lipinski definition) is 9. The molecule has 3 aliphatic rings. The predicted molar refractivity (Wildman–Crippen MR) is 184 cm³/mol. The molecule has 3 atom stereocenters. The van der Waals surface area contributed by atoms with Crippen molar-refractivity contribution < 1.29 is 14.6 Å². The Bertz CT molecular complexity index is 1920. The zero-order valence-corrected chi connectivity index (χ0v) is 26.5. The molecule has 5 heterocycles. The molecule has 3 aromatic carbocycles. The van der Waals surface area contributed by atoms with Crippen molar-refractivity contribution in [1.82, 2.24) is 24.8 Å². The third-order valence-electron chi connectivity index (χ3n) is 9.99. The number of aromatic hydroxyl groups is 1. The molecule has 3 aliphatic heterocycles. The molecule has 10 nitrogen and oxygen atoms in total. The van der Waals surface area contributed by atoms with E-state index in [1.54, 1.807) is 18.3 Å². The molecule has 3 saturated heterocycles. The molecule has 8 rings (SSSR count). The molecular formula is C37H39N7O3. The quantitative estimate of drug-likeness (QED) is 0.236. The Labute approximate surface area is 274 Å². The van der Waals surface area contributed by atoms with Crippen LogP contribution in [0, 0.1) is 0 Å². The maximum Gasteiger partial charge on any atom is 0.319 e. The number of aromatic nitrogens is 3. The van der Waals surface area contributed by atoms with Crippen LogP contribution in [0.25, 0.3) is 32.8 Å². The normalized spacial score (nSPS) is 21.5. The number of phenols is 1. The van der Waals surface area contributed by atoms with Crippen LogP contribution in [-0.4, -0.2) is 93.7 Å². The van der Waals surface area contributed by atoms with Gasteiger partial charge in [-0.25, -0.2) is 4.98 Å². The number of amides is 1. The zero-order valence-electron chi connectivity index (χ0n) is 26.5. The molecular weight excluding hydrogens is 590 g/mol. The van der Waals surface area contributed by atoms with Crippen LogP contribution < -0.4 is 15.0 Å². The van der Waals surface area contributed by atoms with Crippen molar-refractivity contribution in [2.75, 3.05) is 50.1 Å². The van der Waals surface area contributed by atoms with E-state index in [0.29, 0.717) is 31.0 Å². The van der Waals surface area contributed by atoms with Gasteiger partial charge in [0.1, 0.15) is 24.0 Å². The predicted octanol–water partition coefficient (Wildman–Crippen LogP) is 5.32. The Morgan fingerprint density at radius 2 is 1.79 bits per heavy atom. The van der Waals surface area contributed by atoms with Gasteiger partial charge in [-0.05, 0) is 97.6 Å². The van der Waals surface area contributed by atoms with Crippen LogP contribution in [0.15, 0.2) is 79.0 Å². The second kappa shape index (κ2) is 12.4. The number of anilines is 2. The van der Waals surface area contributed by atoms with Crippen LogP contribution in [0.4, 0.5) is 11.6 Å². The molecule has 47 heavy (non-hydrogen) atoms. The minimum absolute atomic E-state index is 0.0522. The molecule has 5 aromatic rings. The SMILES string of the molecule is CN1CCC[C@H]1COc1nc(N2C3CCC2CN(CC(=O)Nc2ccccn2)C3)c2ccc(-c3cc(O)cc4ccccc34)cc2n1. The summed E-state index contributed by atoms with van der Waals surface area (Å²) in [6.45, 7) is 3.49. The van der Waals surface area contributed by atoms with E-state index in [9.17, 15) is 9.90 Å². The van der Waals surface area contributed by atoms with Gasteiger partial charge in [0.15, 0.2) is 0 Å². The number of carbonyl (C=O) groups is 1. The molecule has 0 spiro atoms. The lowest BCUT2D eigenvalue weighted by atomic mass is 9.97. The van der Waals surface area contributed by atoms with E-state index in [1.165, 1.54) is 6.42 Å². The van der Waals surface area contributed by atoms with Crippen LogP contribution in [-0.2, 0) is 4.79 Å². The van der Waals surface area contributed by atoms with Gasteiger partial charge in [-0.3, -0.25) is 9.69 Å². The first-order chi connectivity index (χ1) is 23.0. The Balaban J connectivity index is 1.12. The van der Waals surface area contributed by atoms with Gasteiger partial charge in [-0.1, -0.05) is 36.4 Å². The minimum Gasteiger partial charge on any atom is -0.508 e. The summed E-state index contributed by atoms with van der Waals surface area (Å²) in [5.41, 5.74) is 2.74. The summed E-state index contributed by atoms with van der Waals surface area (Å²) in [6, 6.07) is 24.7. The summed E-state index contributed by atoms with van der Waals surface area (Å²) in [4.78, 5) is 34.2. The lowest BCUT2D eigenvalue weighted by Crippen LogP contribution is -2.55. The molecule has 0 radical (unpaired) electrons. The summed E-state index contributed by atoms with van der Waals surface area (Å²) in [5.74, 6) is 1.64. The van der Waals surface area contributed by atoms with Gasteiger partial charge in [0.05, 0.1) is 12.1 Å². The largest absolute Gasteiger partial charge is 0.508 e. The van der Waals surface area contributed by atoms with E-state index in [-0.39, 0.29) is 23.7 Å². The third-order valence-corrected chi connectivity index (χ3v) is 9.99. The van der Waals surface area contributed by atoms with Crippen LogP contribution in [0.5, 0.6) is 11.8 Å². The van der Waals surface area contributed by atoms with Gasteiger partial charge in [0, 0.05) is 42.8 Å². The Morgan fingerprint density at radius 3 is 2.57 bits per heavy atom. The Kier molecular flexibility index (Phi) is 7.82. The lowest BCUT2D eigenvalue weighted by Gasteiger charge is -2.41. The molecule has 2 aromatic heterocycles. The number of hydrogen-bond donors (Lipinski definition) is 2. The number of likely N-dealkylation sites (tertiary alicyclic amines) is 2. The van der Waals surface area contributed by atoms with Crippen molar-refractivity contribution in [3.8, 4) is 22.9 Å². The maximum atomic E-state index is 12.9. The Hall–Kier alpha value is -4.80. The average molecular weight is 630 g/mol. The highest BCUT2D eigenvalue weighted by molar-refractivity contribution is 6.01. The highest BCUT2D eigenvalue weighted by atomic mass is 16.5. The molecule has 10 heteroatoms. The standard InChI is InChI=1S/C37H39N7O3/c1-42-16-6-8-28(42)23-47-37-39-33-18-25(32-19-29(45)17-24-7-2-3-9-30(24)32)11-14-31(33)36(41-37)44-26-12-13-27(44)21-43(20-26)22-35(46)40-34-10-4-5-15-38-34/h2-5,7,9-11,14-15,17-19,26-28,45H,6,8,12-13,16,20-23H2,1H3,(H,38,40,46)/t26?,27?,28-/m0/s1. The number of fused-ring (bicyclic) bond motifs is 4. The topological polar surface area (TPSA) is 107 Å². The molecule has 2 unspecified atom stereocenters.